The Labute approximate surface area is 105 Å². The van der Waals surface area contributed by atoms with Crippen LogP contribution < -0.4 is 0 Å². The highest BCUT2D eigenvalue weighted by atomic mass is 32.2. The maximum absolute atomic E-state index is 4.50. The Balaban J connectivity index is 2.63. The third kappa shape index (κ3) is 3.69. The van der Waals surface area contributed by atoms with Gasteiger partial charge in [-0.3, -0.25) is 4.99 Å². The van der Waals surface area contributed by atoms with E-state index < -0.39 is 0 Å². The second kappa shape index (κ2) is 7.21. The molecular weight excluding hydrogens is 216 g/mol. The van der Waals surface area contributed by atoms with Crippen molar-refractivity contribution in [1.29, 1.82) is 0 Å². The van der Waals surface area contributed by atoms with Gasteiger partial charge in [-0.1, -0.05) is 32.5 Å². The average molecular weight is 242 g/mol. The molecule has 2 nitrogen and oxygen atoms in total. The van der Waals surface area contributed by atoms with E-state index >= 15 is 0 Å². The summed E-state index contributed by atoms with van der Waals surface area (Å²) in [6, 6.07) is 0.726. The number of likely N-dealkylation sites (tertiary alicyclic amines) is 1. The monoisotopic (exact) mass is 242 g/mol. The zero-order valence-electron chi connectivity index (χ0n) is 11.2. The molecular formula is C13H26N2S. The molecule has 1 fully saturated rings. The zero-order chi connectivity index (χ0) is 12.0. The van der Waals surface area contributed by atoms with Crippen molar-refractivity contribution in [3.8, 4) is 0 Å². The van der Waals surface area contributed by atoms with Crippen LogP contribution in [0.2, 0.25) is 0 Å². The summed E-state index contributed by atoms with van der Waals surface area (Å²) < 4.78 is 0. The van der Waals surface area contributed by atoms with Crippen LogP contribution in [0.5, 0.6) is 0 Å². The molecule has 0 aromatic rings. The Morgan fingerprint density at radius 2 is 2.19 bits per heavy atom. The van der Waals surface area contributed by atoms with Gasteiger partial charge in [0.25, 0.3) is 0 Å². The molecule has 16 heavy (non-hydrogen) atoms. The molecule has 0 saturated carbocycles. The Hall–Kier alpha value is -0.180. The van der Waals surface area contributed by atoms with Gasteiger partial charge in [0.1, 0.15) is 0 Å². The fraction of sp³-hybridized carbons (Fsp3) is 0.923. The van der Waals surface area contributed by atoms with Gasteiger partial charge in [-0.05, 0) is 32.1 Å². The van der Waals surface area contributed by atoms with E-state index in [1.165, 1.54) is 43.8 Å². The molecule has 0 spiro atoms. The molecule has 0 aromatic carbocycles. The molecule has 2 atom stereocenters. The van der Waals surface area contributed by atoms with Gasteiger partial charge in [0.15, 0.2) is 5.17 Å². The van der Waals surface area contributed by atoms with Crippen molar-refractivity contribution in [1.82, 2.24) is 4.90 Å². The molecule has 1 heterocycles. The van der Waals surface area contributed by atoms with Crippen molar-refractivity contribution < 1.29 is 0 Å². The maximum atomic E-state index is 4.50. The molecule has 94 valence electrons. The smallest absolute Gasteiger partial charge is 0.159 e. The van der Waals surface area contributed by atoms with Crippen LogP contribution in [0.25, 0.3) is 0 Å². The summed E-state index contributed by atoms with van der Waals surface area (Å²) in [5.74, 6) is 0. The number of nitrogens with zero attached hydrogens (tertiary/aromatic N) is 2. The van der Waals surface area contributed by atoms with Crippen LogP contribution in [0.4, 0.5) is 0 Å². The minimum Gasteiger partial charge on any atom is -0.349 e. The second-order valence-electron chi connectivity index (χ2n) is 4.59. The van der Waals surface area contributed by atoms with E-state index in [1.807, 2.05) is 18.8 Å². The van der Waals surface area contributed by atoms with Crippen LogP contribution >= 0.6 is 11.8 Å². The molecule has 0 bridgehead atoms. The van der Waals surface area contributed by atoms with Crippen LogP contribution in [-0.4, -0.2) is 35.0 Å². The molecule has 1 aliphatic heterocycles. The molecule has 0 radical (unpaired) electrons. The van der Waals surface area contributed by atoms with Crippen LogP contribution in [0, 0.1) is 0 Å². The number of rotatable bonds is 3. The predicted molar refractivity (Wildman–Crippen MR) is 75.3 cm³/mol. The molecule has 1 saturated heterocycles. The van der Waals surface area contributed by atoms with E-state index in [2.05, 4.69) is 30.7 Å². The average Bonchev–Trinajstić information content (AvgIpc) is 2.35. The minimum atomic E-state index is 0.679. The van der Waals surface area contributed by atoms with Gasteiger partial charge >= 0.3 is 0 Å². The number of hydrogen-bond acceptors (Lipinski definition) is 2. The van der Waals surface area contributed by atoms with E-state index in [9.17, 15) is 0 Å². The van der Waals surface area contributed by atoms with Crippen molar-refractivity contribution in [3.05, 3.63) is 0 Å². The topological polar surface area (TPSA) is 15.6 Å². The van der Waals surface area contributed by atoms with Gasteiger partial charge in [-0.25, -0.2) is 0 Å². The third-order valence-electron chi connectivity index (χ3n) is 3.42. The molecule has 3 heteroatoms. The Kier molecular flexibility index (Phi) is 6.25. The van der Waals surface area contributed by atoms with E-state index in [-0.39, 0.29) is 0 Å². The summed E-state index contributed by atoms with van der Waals surface area (Å²) in [6.07, 6.45) is 6.53. The first-order valence-corrected chi connectivity index (χ1v) is 7.50. The quantitative estimate of drug-likeness (QED) is 0.553. The summed E-state index contributed by atoms with van der Waals surface area (Å²) >= 11 is 1.95. The molecule has 1 rings (SSSR count). The molecule has 0 amide bonds. The molecule has 0 N–H and O–H groups in total. The molecule has 0 aliphatic carbocycles. The number of aliphatic imine (C=N–C) groups is 1. The maximum Gasteiger partial charge on any atom is 0.159 e. The van der Waals surface area contributed by atoms with Crippen LogP contribution in [0.1, 0.15) is 52.9 Å². The standard InChI is InChI=1S/C13H26N2S/c1-5-11(3)16-13(14-4)15-10-8-7-9-12(15)6-2/h11-12H,5-10H2,1-4H3/t11-,12-/m1/s1. The summed E-state index contributed by atoms with van der Waals surface area (Å²) in [4.78, 5) is 7.05. The highest BCUT2D eigenvalue weighted by Crippen LogP contribution is 2.26. The van der Waals surface area contributed by atoms with Crippen LogP contribution in [0.15, 0.2) is 4.99 Å². The second-order valence-corrected chi connectivity index (χ2v) is 6.00. The Morgan fingerprint density at radius 1 is 1.44 bits per heavy atom. The Morgan fingerprint density at radius 3 is 2.75 bits per heavy atom. The van der Waals surface area contributed by atoms with Crippen molar-refractivity contribution in [2.75, 3.05) is 13.6 Å². The summed E-state index contributed by atoms with van der Waals surface area (Å²) in [5.41, 5.74) is 0. The van der Waals surface area contributed by atoms with Gasteiger partial charge in [0.2, 0.25) is 0 Å². The highest BCUT2D eigenvalue weighted by Gasteiger charge is 2.24. The Bertz CT molecular complexity index is 228. The number of thioether (sulfide) groups is 1. The van der Waals surface area contributed by atoms with Gasteiger partial charge in [-0.2, -0.15) is 0 Å². The van der Waals surface area contributed by atoms with E-state index in [1.54, 1.807) is 0 Å². The van der Waals surface area contributed by atoms with Gasteiger partial charge in [0.05, 0.1) is 0 Å². The predicted octanol–water partition coefficient (Wildman–Crippen LogP) is 3.77. The zero-order valence-corrected chi connectivity index (χ0v) is 12.0. The van der Waals surface area contributed by atoms with Crippen molar-refractivity contribution in [2.24, 2.45) is 4.99 Å². The lowest BCUT2D eigenvalue weighted by Gasteiger charge is -2.37. The fourth-order valence-corrected chi connectivity index (χ4v) is 3.20. The lowest BCUT2D eigenvalue weighted by atomic mass is 10.0. The first-order chi connectivity index (χ1) is 7.72. The molecule has 1 aliphatic rings. The third-order valence-corrected chi connectivity index (χ3v) is 4.78. The SMILES string of the molecule is CC[C@@H]1CCCCN1C(=NC)S[C@H](C)CC. The largest absolute Gasteiger partial charge is 0.349 e. The molecule has 0 aromatic heterocycles. The van der Waals surface area contributed by atoms with Gasteiger partial charge < -0.3 is 4.90 Å². The van der Waals surface area contributed by atoms with E-state index in [0.717, 1.165) is 6.04 Å². The lowest BCUT2D eigenvalue weighted by molar-refractivity contribution is 0.240. The fourth-order valence-electron chi connectivity index (χ4n) is 2.19. The summed E-state index contributed by atoms with van der Waals surface area (Å²) in [6.45, 7) is 8.04. The van der Waals surface area contributed by atoms with Crippen molar-refractivity contribution in [3.63, 3.8) is 0 Å². The number of amidine groups is 1. The van der Waals surface area contributed by atoms with E-state index in [4.69, 9.17) is 0 Å². The lowest BCUT2D eigenvalue weighted by Crippen LogP contribution is -2.42. The van der Waals surface area contributed by atoms with E-state index in [0.29, 0.717) is 5.25 Å². The summed E-state index contributed by atoms with van der Waals surface area (Å²) in [5, 5.41) is 1.94. The number of hydrogen-bond donors (Lipinski definition) is 0. The minimum absolute atomic E-state index is 0.679. The van der Waals surface area contributed by atoms with Crippen molar-refractivity contribution >= 4 is 16.9 Å². The van der Waals surface area contributed by atoms with Crippen LogP contribution in [-0.2, 0) is 0 Å². The first-order valence-electron chi connectivity index (χ1n) is 6.62. The van der Waals surface area contributed by atoms with Gasteiger partial charge in [0, 0.05) is 24.9 Å². The van der Waals surface area contributed by atoms with Crippen molar-refractivity contribution in [2.45, 2.75) is 64.2 Å². The normalized spacial score (nSPS) is 24.6. The number of piperidine rings is 1. The first kappa shape index (κ1) is 13.9. The van der Waals surface area contributed by atoms with Gasteiger partial charge in [-0.15, -0.1) is 0 Å². The summed E-state index contributed by atoms with van der Waals surface area (Å²) in [7, 11) is 1.94. The van der Waals surface area contributed by atoms with Crippen LogP contribution in [0.3, 0.4) is 0 Å². The highest BCUT2D eigenvalue weighted by molar-refractivity contribution is 8.14. The molecule has 0 unspecified atom stereocenters.